The van der Waals surface area contributed by atoms with Gasteiger partial charge in [0.05, 0.1) is 32.9 Å². The van der Waals surface area contributed by atoms with Crippen molar-refractivity contribution < 1.29 is 32.9 Å². The first kappa shape index (κ1) is 11.3. The Bertz CT molecular complexity index is 3610. The van der Waals surface area contributed by atoms with Crippen molar-refractivity contribution in [1.29, 1.82) is 0 Å². The fraction of sp³-hybridized carbons (Fsp3) is 0.0222. The molecule has 0 saturated carbocycles. The molecule has 210 valence electrons. The summed E-state index contributed by atoms with van der Waals surface area (Å²) < 4.78 is 212. The highest BCUT2D eigenvalue weighted by atomic mass is 14.3. The van der Waals surface area contributed by atoms with Crippen LogP contribution in [-0.2, 0) is 6.42 Å². The number of hydrogen-bond donors (Lipinski definition) is 0. The van der Waals surface area contributed by atoms with Gasteiger partial charge in [0, 0.05) is 0 Å². The molecule has 45 heavy (non-hydrogen) atoms. The molecule has 0 radical (unpaired) electrons. The quantitative estimate of drug-likeness (QED) is 0.178. The predicted molar refractivity (Wildman–Crippen MR) is 191 cm³/mol. The van der Waals surface area contributed by atoms with Crippen molar-refractivity contribution in [3.05, 3.63) is 180 Å². The van der Waals surface area contributed by atoms with E-state index in [1.807, 2.05) is 0 Å². The van der Waals surface area contributed by atoms with Crippen LogP contribution in [0.25, 0.3) is 77.2 Å². The van der Waals surface area contributed by atoms with Crippen LogP contribution in [-0.4, -0.2) is 0 Å². The molecule has 0 bridgehead atoms. The third kappa shape index (κ3) is 4.14. The van der Waals surface area contributed by atoms with Gasteiger partial charge in [0.2, 0.25) is 0 Å². The first-order chi connectivity index (χ1) is 32.3. The van der Waals surface area contributed by atoms with Crippen LogP contribution in [0.3, 0.4) is 0 Å². The molecule has 1 aliphatic rings. The Kier molecular flexibility index (Phi) is 2.64. The van der Waals surface area contributed by atoms with Crippen molar-refractivity contribution in [2.75, 3.05) is 0 Å². The molecule has 0 amide bonds. The zero-order valence-electron chi connectivity index (χ0n) is 47.0. The Morgan fingerprint density at radius 2 is 0.800 bits per heavy atom. The van der Waals surface area contributed by atoms with Crippen LogP contribution in [0.5, 0.6) is 0 Å². The van der Waals surface area contributed by atoms with Gasteiger partial charge in [-0.15, -0.1) is 0 Å². The Labute approximate surface area is 297 Å². The van der Waals surface area contributed by atoms with E-state index in [0.717, 1.165) is 0 Å². The molecular formula is C45H30. The van der Waals surface area contributed by atoms with Gasteiger partial charge >= 0.3 is 0 Å². The Hall–Kier alpha value is -5.72. The summed E-state index contributed by atoms with van der Waals surface area (Å²) in [7, 11) is 0. The minimum Gasteiger partial charge on any atom is -0.0622 e. The van der Waals surface area contributed by atoms with E-state index in [1.54, 1.807) is 0 Å². The highest BCUT2D eigenvalue weighted by Crippen LogP contribution is 2.49. The topological polar surface area (TPSA) is 0 Å². The van der Waals surface area contributed by atoms with E-state index in [4.69, 9.17) is 26.0 Å². The maximum atomic E-state index is 9.39. The number of rotatable bonds is 4. The summed E-state index contributed by atoms with van der Waals surface area (Å²) in [5.41, 5.74) is -2.38. The van der Waals surface area contributed by atoms with Crippen molar-refractivity contribution in [1.82, 2.24) is 0 Å². The van der Waals surface area contributed by atoms with Crippen LogP contribution in [0.1, 0.15) is 44.0 Å². The van der Waals surface area contributed by atoms with Crippen molar-refractivity contribution in [2.45, 2.75) is 6.42 Å². The zero-order chi connectivity index (χ0) is 50.6. The van der Waals surface area contributed by atoms with Gasteiger partial charge in [0.1, 0.15) is 0 Å². The first-order valence-corrected chi connectivity index (χ1v) is 13.8. The summed E-state index contributed by atoms with van der Waals surface area (Å²) in [6.45, 7) is 0. The van der Waals surface area contributed by atoms with Crippen molar-refractivity contribution >= 4 is 21.5 Å². The van der Waals surface area contributed by atoms with Gasteiger partial charge in [-0.2, -0.15) is 0 Å². The first-order valence-electron chi connectivity index (χ1n) is 25.8. The average molecular weight is 595 g/mol. The van der Waals surface area contributed by atoms with Gasteiger partial charge in [-0.1, -0.05) is 163 Å². The van der Waals surface area contributed by atoms with Gasteiger partial charge in [-0.05, 0) is 101 Å². The number of hydrogen-bond acceptors (Lipinski definition) is 0. The molecule has 0 N–H and O–H groups in total. The summed E-state index contributed by atoms with van der Waals surface area (Å²) in [5, 5.41) is -1.68. The summed E-state index contributed by atoms with van der Waals surface area (Å²) in [4.78, 5) is 0. The maximum Gasteiger partial charge on any atom is 0.0629 e. The molecule has 0 heteroatoms. The molecule has 0 atom stereocenters. The van der Waals surface area contributed by atoms with Gasteiger partial charge in [-0.3, -0.25) is 0 Å². The van der Waals surface area contributed by atoms with Crippen LogP contribution in [0, 0.1) is 0 Å². The lowest BCUT2D eigenvalue weighted by Crippen LogP contribution is -1.92. The van der Waals surface area contributed by atoms with Crippen LogP contribution in [0.4, 0.5) is 0 Å². The predicted octanol–water partition coefficient (Wildman–Crippen LogP) is 12.2. The second-order valence-corrected chi connectivity index (χ2v) is 10.2. The van der Waals surface area contributed by atoms with Crippen LogP contribution < -0.4 is 0 Å². The zero-order valence-corrected chi connectivity index (χ0v) is 23.0. The highest BCUT2D eigenvalue weighted by molar-refractivity contribution is 6.21. The molecule has 0 aromatic heterocycles. The molecule has 1 aliphatic carbocycles. The molecule has 0 nitrogen and oxygen atoms in total. The molecule has 8 aromatic rings. The molecule has 0 fully saturated rings. The Morgan fingerprint density at radius 3 is 1.36 bits per heavy atom. The van der Waals surface area contributed by atoms with E-state index in [-0.39, 0.29) is 67.3 Å². The normalized spacial score (nSPS) is 19.4. The largest absolute Gasteiger partial charge is 0.0629 e. The summed E-state index contributed by atoms with van der Waals surface area (Å²) in [6.07, 6.45) is -0.306. The summed E-state index contributed by atoms with van der Waals surface area (Å²) in [6, 6.07) is -11.9. The van der Waals surface area contributed by atoms with Crippen molar-refractivity contribution in [3.63, 3.8) is 0 Å². The van der Waals surface area contributed by atoms with E-state index >= 15 is 0 Å². The lowest BCUT2D eigenvalue weighted by molar-refractivity contribution is 1.26. The second-order valence-electron chi connectivity index (χ2n) is 10.2. The molecule has 9 rings (SSSR count). The van der Waals surface area contributed by atoms with Crippen molar-refractivity contribution in [2.24, 2.45) is 0 Å². The fourth-order valence-electron chi connectivity index (χ4n) is 6.03. The van der Waals surface area contributed by atoms with E-state index in [2.05, 4.69) is 0 Å². The van der Waals surface area contributed by atoms with Gasteiger partial charge < -0.3 is 0 Å². The van der Waals surface area contributed by atoms with E-state index in [9.17, 15) is 6.85 Å². The third-order valence-electron chi connectivity index (χ3n) is 7.82. The van der Waals surface area contributed by atoms with Crippen LogP contribution in [0.2, 0.25) is 0 Å². The fourth-order valence-corrected chi connectivity index (χ4v) is 6.03. The summed E-state index contributed by atoms with van der Waals surface area (Å²) >= 11 is 0. The highest BCUT2D eigenvalue weighted by Gasteiger charge is 2.25. The smallest absolute Gasteiger partial charge is 0.0622 e. The number of fused-ring (bicyclic) bond motifs is 5. The summed E-state index contributed by atoms with van der Waals surface area (Å²) in [5.74, 6) is 0. The van der Waals surface area contributed by atoms with Gasteiger partial charge in [0.15, 0.2) is 0 Å². The van der Waals surface area contributed by atoms with Crippen LogP contribution >= 0.6 is 0 Å². The molecule has 0 unspecified atom stereocenters. The molecule has 0 spiro atoms. The Morgan fingerprint density at radius 1 is 0.356 bits per heavy atom. The average Bonchev–Trinajstić information content (AvgIpc) is 3.72. The molecule has 8 aromatic carbocycles. The molecular weight excluding hydrogens is 540 g/mol. The van der Waals surface area contributed by atoms with Crippen LogP contribution in [0.15, 0.2) is 169 Å². The standard InChI is InChI=1S/C45H30/c1-3-14-30(15-4-1)36-26-12-20-34-29-35-21-13-27-37(45(35)44(34)36)32-18-11-19-33(28-32)43-40-24-9-7-22-38(40)42(31-16-5-2-6-17-31)39-23-8-10-25-41(39)43/h1-28H,29H2/i1D,2D,3D,4D,5D,6D,7D,8D,9D,10D,12D,13D,14D,15D,16D,17D,20D,21D,22D,23D,24D,25D,26D,27D. The Balaban J connectivity index is 1.48. The molecule has 0 heterocycles. The van der Waals surface area contributed by atoms with E-state index in [1.165, 1.54) is 24.3 Å². The van der Waals surface area contributed by atoms with Crippen molar-refractivity contribution in [3.8, 4) is 55.6 Å². The van der Waals surface area contributed by atoms with E-state index in [0.29, 0.717) is 0 Å². The van der Waals surface area contributed by atoms with E-state index < -0.39 is 172 Å². The SMILES string of the molecule is [2H]c1c([2H])c([2H])c(-c2c([2H])c([2H])c([2H])c3c2-c2c(c([2H])c([2H])c([2H])c2-c2cccc(-c4c5c([2H])c([2H])c([2H])c([2H])c5c(-c5c([2H])c([2H])c([2H])c([2H])c5[2H])c5c([2H])c([2H])c([2H])c([2H])c45)c2)C3)c([2H])c1[2H]. The third-order valence-corrected chi connectivity index (χ3v) is 7.82. The van der Waals surface area contributed by atoms with Gasteiger partial charge in [-0.25, -0.2) is 0 Å². The second kappa shape index (κ2) is 10.5. The molecule has 0 saturated heterocycles. The lowest BCUT2D eigenvalue weighted by Gasteiger charge is -2.19. The minimum absolute atomic E-state index is 0.0101. The molecule has 0 aliphatic heterocycles. The minimum atomic E-state index is -0.831. The number of benzene rings is 8. The maximum absolute atomic E-state index is 9.39. The monoisotopic (exact) mass is 594 g/mol. The lowest BCUT2D eigenvalue weighted by atomic mass is 9.84. The van der Waals surface area contributed by atoms with Gasteiger partial charge in [0.25, 0.3) is 0 Å².